The fraction of sp³-hybridized carbons (Fsp3) is 0.462. The molecule has 1 aromatic carbocycles. The van der Waals surface area contributed by atoms with Gasteiger partial charge < -0.3 is 14.6 Å². The molecule has 1 aliphatic rings. The number of fused-ring (bicyclic) bond motifs is 1. The highest BCUT2D eigenvalue weighted by atomic mass is 16.6. The molecule has 1 aromatic rings. The van der Waals surface area contributed by atoms with E-state index in [1.807, 2.05) is 25.1 Å². The molecule has 0 radical (unpaired) electrons. The summed E-state index contributed by atoms with van der Waals surface area (Å²) in [5.41, 5.74) is 1.09. The van der Waals surface area contributed by atoms with E-state index in [1.165, 1.54) is 0 Å². The second-order valence-electron chi connectivity index (χ2n) is 4.24. The third-order valence-electron chi connectivity index (χ3n) is 2.93. The predicted octanol–water partition coefficient (Wildman–Crippen LogP) is 2.43. The average Bonchev–Trinajstić information content (AvgIpc) is 2.35. The molecule has 4 heteroatoms. The van der Waals surface area contributed by atoms with E-state index in [2.05, 4.69) is 0 Å². The molecule has 2 rings (SSSR count). The molecular weight excluding hydrogens is 220 g/mol. The van der Waals surface area contributed by atoms with Gasteiger partial charge in [0.05, 0.1) is 0 Å². The first-order valence-electron chi connectivity index (χ1n) is 5.78. The molecule has 0 aliphatic carbocycles. The second-order valence-corrected chi connectivity index (χ2v) is 4.24. The zero-order valence-electron chi connectivity index (χ0n) is 9.81. The molecule has 1 aliphatic heterocycles. The summed E-state index contributed by atoms with van der Waals surface area (Å²) in [7, 11) is 0. The quantitative estimate of drug-likeness (QED) is 0.872. The Labute approximate surface area is 100 Å². The maximum atomic E-state index is 10.5. The Morgan fingerprint density at radius 1 is 1.35 bits per heavy atom. The summed E-state index contributed by atoms with van der Waals surface area (Å²) in [4.78, 5) is 10.5. The summed E-state index contributed by atoms with van der Waals surface area (Å²) in [5.74, 6) is 0.984. The van der Waals surface area contributed by atoms with Crippen molar-refractivity contribution in [1.29, 1.82) is 0 Å². The first kappa shape index (κ1) is 11.8. The summed E-state index contributed by atoms with van der Waals surface area (Å²) < 4.78 is 10.9. The number of rotatable bonds is 4. The molecule has 0 bridgehead atoms. The van der Waals surface area contributed by atoms with Crippen LogP contribution in [0.25, 0.3) is 0 Å². The Bertz CT molecular complexity index is 414. The molecule has 1 atom stereocenters. The smallest absolute Gasteiger partial charge is 0.303 e. The lowest BCUT2D eigenvalue weighted by atomic mass is 9.96. The van der Waals surface area contributed by atoms with Gasteiger partial charge in [0.2, 0.25) is 0 Å². The summed E-state index contributed by atoms with van der Waals surface area (Å²) >= 11 is 0. The van der Waals surface area contributed by atoms with Crippen LogP contribution in [0.1, 0.15) is 31.2 Å². The van der Waals surface area contributed by atoms with Crippen LogP contribution in [0.15, 0.2) is 18.2 Å². The van der Waals surface area contributed by atoms with E-state index >= 15 is 0 Å². The molecule has 1 unspecified atom stereocenters. The van der Waals surface area contributed by atoms with Gasteiger partial charge in [-0.1, -0.05) is 13.0 Å². The number of carbonyl (C=O) groups is 1. The lowest BCUT2D eigenvalue weighted by Crippen LogP contribution is -2.15. The van der Waals surface area contributed by atoms with Gasteiger partial charge in [0, 0.05) is 6.42 Å². The van der Waals surface area contributed by atoms with Crippen molar-refractivity contribution in [2.45, 2.75) is 25.7 Å². The van der Waals surface area contributed by atoms with Gasteiger partial charge in [0.1, 0.15) is 13.2 Å². The van der Waals surface area contributed by atoms with Crippen molar-refractivity contribution >= 4 is 5.97 Å². The molecule has 0 spiro atoms. The Balaban J connectivity index is 2.08. The monoisotopic (exact) mass is 236 g/mol. The van der Waals surface area contributed by atoms with Crippen LogP contribution in [0.2, 0.25) is 0 Å². The van der Waals surface area contributed by atoms with E-state index < -0.39 is 5.97 Å². The minimum absolute atomic E-state index is 0.190. The summed E-state index contributed by atoms with van der Waals surface area (Å²) in [6.45, 7) is 3.18. The van der Waals surface area contributed by atoms with Crippen LogP contribution in [0.4, 0.5) is 0 Å². The van der Waals surface area contributed by atoms with Crippen LogP contribution in [-0.2, 0) is 4.79 Å². The minimum Gasteiger partial charge on any atom is -0.486 e. The maximum Gasteiger partial charge on any atom is 0.303 e. The Morgan fingerprint density at radius 3 is 2.76 bits per heavy atom. The number of carboxylic acid groups (broad SMARTS) is 1. The summed E-state index contributed by atoms with van der Waals surface area (Å²) in [5, 5.41) is 8.66. The van der Waals surface area contributed by atoms with E-state index in [0.29, 0.717) is 19.6 Å². The molecule has 17 heavy (non-hydrogen) atoms. The van der Waals surface area contributed by atoms with Crippen molar-refractivity contribution in [1.82, 2.24) is 0 Å². The molecule has 0 fully saturated rings. The standard InChI is InChI=1S/C13H16O4/c1-9(2-5-13(14)15)10-3-4-11-12(8-10)17-7-6-16-11/h3-4,8-9H,2,5-7H2,1H3,(H,14,15). The van der Waals surface area contributed by atoms with Gasteiger partial charge in [-0.2, -0.15) is 0 Å². The third kappa shape index (κ3) is 2.90. The Morgan fingerprint density at radius 2 is 2.06 bits per heavy atom. The summed E-state index contributed by atoms with van der Waals surface area (Å²) in [6, 6.07) is 5.81. The molecule has 1 N–H and O–H groups in total. The van der Waals surface area contributed by atoms with Crippen LogP contribution in [0.5, 0.6) is 11.5 Å². The normalized spacial score (nSPS) is 15.4. The number of aliphatic carboxylic acids is 1. The van der Waals surface area contributed by atoms with E-state index in [4.69, 9.17) is 14.6 Å². The highest BCUT2D eigenvalue weighted by molar-refractivity contribution is 5.66. The van der Waals surface area contributed by atoms with Gasteiger partial charge in [-0.3, -0.25) is 4.79 Å². The van der Waals surface area contributed by atoms with Gasteiger partial charge in [-0.05, 0) is 30.0 Å². The van der Waals surface area contributed by atoms with Crippen molar-refractivity contribution in [3.63, 3.8) is 0 Å². The first-order valence-corrected chi connectivity index (χ1v) is 5.78. The second kappa shape index (κ2) is 5.08. The lowest BCUT2D eigenvalue weighted by Gasteiger charge is -2.20. The van der Waals surface area contributed by atoms with Gasteiger partial charge >= 0.3 is 5.97 Å². The van der Waals surface area contributed by atoms with Gasteiger partial charge in [-0.25, -0.2) is 0 Å². The highest BCUT2D eigenvalue weighted by Crippen LogP contribution is 2.34. The van der Waals surface area contributed by atoms with E-state index in [9.17, 15) is 4.79 Å². The predicted molar refractivity (Wildman–Crippen MR) is 62.7 cm³/mol. The lowest BCUT2D eigenvalue weighted by molar-refractivity contribution is -0.137. The molecule has 1 heterocycles. The van der Waals surface area contributed by atoms with Crippen molar-refractivity contribution in [3.05, 3.63) is 23.8 Å². The minimum atomic E-state index is -0.755. The number of hydrogen-bond acceptors (Lipinski definition) is 3. The van der Waals surface area contributed by atoms with Crippen molar-refractivity contribution < 1.29 is 19.4 Å². The zero-order valence-corrected chi connectivity index (χ0v) is 9.81. The molecule has 0 saturated carbocycles. The van der Waals surface area contributed by atoms with Crippen LogP contribution < -0.4 is 9.47 Å². The fourth-order valence-electron chi connectivity index (χ4n) is 1.87. The first-order chi connectivity index (χ1) is 8.16. The maximum absolute atomic E-state index is 10.5. The van der Waals surface area contributed by atoms with Gasteiger partial charge in [0.15, 0.2) is 11.5 Å². The van der Waals surface area contributed by atoms with Crippen molar-refractivity contribution in [3.8, 4) is 11.5 Å². The number of ether oxygens (including phenoxy) is 2. The number of hydrogen-bond donors (Lipinski definition) is 1. The molecule has 0 aromatic heterocycles. The summed E-state index contributed by atoms with van der Waals surface area (Å²) in [6.07, 6.45) is 0.824. The SMILES string of the molecule is CC(CCC(=O)O)c1ccc2c(c1)OCCO2. The topological polar surface area (TPSA) is 55.8 Å². The Kier molecular flexibility index (Phi) is 3.52. The molecule has 0 amide bonds. The third-order valence-corrected chi connectivity index (χ3v) is 2.93. The van der Waals surface area contributed by atoms with Crippen molar-refractivity contribution in [2.24, 2.45) is 0 Å². The van der Waals surface area contributed by atoms with E-state index in [1.54, 1.807) is 0 Å². The average molecular weight is 236 g/mol. The van der Waals surface area contributed by atoms with E-state index in [-0.39, 0.29) is 12.3 Å². The van der Waals surface area contributed by atoms with Crippen LogP contribution in [0.3, 0.4) is 0 Å². The van der Waals surface area contributed by atoms with Crippen LogP contribution in [0, 0.1) is 0 Å². The van der Waals surface area contributed by atoms with Crippen LogP contribution in [-0.4, -0.2) is 24.3 Å². The molecule has 4 nitrogen and oxygen atoms in total. The number of carboxylic acids is 1. The zero-order chi connectivity index (χ0) is 12.3. The number of benzene rings is 1. The fourth-order valence-corrected chi connectivity index (χ4v) is 1.87. The van der Waals surface area contributed by atoms with Gasteiger partial charge in [0.25, 0.3) is 0 Å². The van der Waals surface area contributed by atoms with Crippen LogP contribution >= 0.6 is 0 Å². The Hall–Kier alpha value is -1.71. The highest BCUT2D eigenvalue weighted by Gasteiger charge is 2.14. The van der Waals surface area contributed by atoms with Crippen molar-refractivity contribution in [2.75, 3.05) is 13.2 Å². The molecule has 92 valence electrons. The van der Waals surface area contributed by atoms with E-state index in [0.717, 1.165) is 17.1 Å². The largest absolute Gasteiger partial charge is 0.486 e. The molecule has 0 saturated heterocycles. The van der Waals surface area contributed by atoms with Gasteiger partial charge in [-0.15, -0.1) is 0 Å². The molecular formula is C13H16O4.